The zero-order valence-electron chi connectivity index (χ0n) is 25.5. The van der Waals surface area contributed by atoms with Crippen molar-refractivity contribution in [1.82, 2.24) is 0 Å². The highest BCUT2D eigenvalue weighted by Gasteiger charge is 2.34. The van der Waals surface area contributed by atoms with Gasteiger partial charge in [0.1, 0.15) is 6.10 Å². The predicted octanol–water partition coefficient (Wildman–Crippen LogP) is 6.28. The Balaban J connectivity index is 1.43. The molecule has 7 atom stereocenters. The normalized spacial score (nSPS) is 24.1. The molecular formula is C33H60O7. The summed E-state index contributed by atoms with van der Waals surface area (Å²) in [5.74, 6) is -0.315. The van der Waals surface area contributed by atoms with Crippen LogP contribution in [-0.4, -0.2) is 69.1 Å². The molecule has 0 bridgehead atoms. The summed E-state index contributed by atoms with van der Waals surface area (Å²) in [4.78, 5) is 11.6. The number of aliphatic hydroxyl groups is 4. The molecule has 2 heterocycles. The summed E-state index contributed by atoms with van der Waals surface area (Å²) in [5.41, 5.74) is 0.575. The van der Waals surface area contributed by atoms with Crippen LogP contribution in [0, 0.1) is 0 Å². The molecule has 2 aliphatic heterocycles. The Hall–Kier alpha value is -0.990. The maximum atomic E-state index is 11.6. The minimum atomic E-state index is -0.530. The van der Waals surface area contributed by atoms with Crippen LogP contribution in [-0.2, 0) is 14.3 Å². The van der Waals surface area contributed by atoms with Crippen molar-refractivity contribution in [2.75, 3.05) is 0 Å². The number of unbranched alkanes of at least 4 members (excludes halogenated alkanes) is 10. The van der Waals surface area contributed by atoms with E-state index in [4.69, 9.17) is 9.47 Å². The van der Waals surface area contributed by atoms with Crippen LogP contribution < -0.4 is 0 Å². The quantitative estimate of drug-likeness (QED) is 0.0800. The Labute approximate surface area is 243 Å². The van der Waals surface area contributed by atoms with Crippen LogP contribution >= 0.6 is 0 Å². The molecule has 0 saturated carbocycles. The number of cyclic esters (lactones) is 1. The highest BCUT2D eigenvalue weighted by molar-refractivity contribution is 5.90. The van der Waals surface area contributed by atoms with Gasteiger partial charge in [-0.1, -0.05) is 90.4 Å². The summed E-state index contributed by atoms with van der Waals surface area (Å²) in [6, 6.07) is 0. The largest absolute Gasteiger partial charge is 0.455 e. The van der Waals surface area contributed by atoms with Gasteiger partial charge in [0, 0.05) is 12.0 Å². The van der Waals surface area contributed by atoms with E-state index >= 15 is 0 Å². The average molecular weight is 569 g/mol. The number of carbonyl (C=O) groups excluding carboxylic acids is 1. The Bertz CT molecular complexity index is 696. The molecule has 0 aromatic heterocycles. The third-order valence-corrected chi connectivity index (χ3v) is 8.61. The van der Waals surface area contributed by atoms with E-state index in [1.54, 1.807) is 6.08 Å². The standard InChI is InChI=1S/C33H60O7/c1-3-4-5-6-7-8-9-13-19-29(36)31-21-22-32(40-31)30(37)20-15-14-17-27(34)16-11-10-12-18-28(35)24-26-23-25(2)39-33(26)38/h23,25,27-32,34-37H,3-22,24H2,1-2H3. The van der Waals surface area contributed by atoms with Gasteiger partial charge in [0.05, 0.1) is 36.6 Å². The van der Waals surface area contributed by atoms with Crippen LogP contribution in [0.3, 0.4) is 0 Å². The molecule has 0 aromatic rings. The van der Waals surface area contributed by atoms with Crippen molar-refractivity contribution < 1.29 is 34.7 Å². The van der Waals surface area contributed by atoms with Gasteiger partial charge < -0.3 is 29.9 Å². The van der Waals surface area contributed by atoms with E-state index in [1.807, 2.05) is 6.92 Å². The van der Waals surface area contributed by atoms with E-state index in [-0.39, 0.29) is 30.4 Å². The lowest BCUT2D eigenvalue weighted by atomic mass is 9.99. The zero-order valence-corrected chi connectivity index (χ0v) is 25.5. The molecule has 1 saturated heterocycles. The summed E-state index contributed by atoms with van der Waals surface area (Å²) < 4.78 is 11.1. The molecule has 2 aliphatic rings. The van der Waals surface area contributed by atoms with Gasteiger partial charge in [-0.25, -0.2) is 4.79 Å². The predicted molar refractivity (Wildman–Crippen MR) is 159 cm³/mol. The SMILES string of the molecule is CCCCCCCCCCC(O)C1CCC(C(O)CCCCC(O)CCCCCC(O)CC2=CC(C)OC2=O)O1. The van der Waals surface area contributed by atoms with E-state index in [1.165, 1.54) is 44.9 Å². The maximum absolute atomic E-state index is 11.6. The summed E-state index contributed by atoms with van der Waals surface area (Å²) in [7, 11) is 0. The van der Waals surface area contributed by atoms with Crippen LogP contribution in [0.15, 0.2) is 11.6 Å². The number of hydrogen-bond acceptors (Lipinski definition) is 7. The molecule has 40 heavy (non-hydrogen) atoms. The fourth-order valence-electron chi connectivity index (χ4n) is 6.07. The van der Waals surface area contributed by atoms with Gasteiger partial charge in [-0.05, 0) is 57.9 Å². The number of rotatable bonds is 24. The zero-order chi connectivity index (χ0) is 29.2. The fourth-order valence-corrected chi connectivity index (χ4v) is 6.07. The molecule has 7 nitrogen and oxygen atoms in total. The Morgan fingerprint density at radius 1 is 0.700 bits per heavy atom. The number of esters is 1. The minimum Gasteiger partial charge on any atom is -0.455 e. The van der Waals surface area contributed by atoms with Crippen LogP contribution in [0.2, 0.25) is 0 Å². The number of carbonyl (C=O) groups is 1. The molecule has 7 unspecified atom stereocenters. The summed E-state index contributed by atoms with van der Waals surface area (Å²) in [6.07, 6.45) is 19.5. The Morgan fingerprint density at radius 3 is 1.70 bits per heavy atom. The second-order valence-corrected chi connectivity index (χ2v) is 12.4. The third-order valence-electron chi connectivity index (χ3n) is 8.61. The molecule has 1 fully saturated rings. The van der Waals surface area contributed by atoms with Crippen molar-refractivity contribution in [2.45, 2.75) is 191 Å². The lowest BCUT2D eigenvalue weighted by Gasteiger charge is -2.22. The fraction of sp³-hybridized carbons (Fsp3) is 0.909. The lowest BCUT2D eigenvalue weighted by Crippen LogP contribution is -2.31. The second-order valence-electron chi connectivity index (χ2n) is 12.4. The summed E-state index contributed by atoms with van der Waals surface area (Å²) in [5, 5.41) is 41.6. The molecule has 0 aliphatic carbocycles. The lowest BCUT2D eigenvalue weighted by molar-refractivity contribution is -0.139. The van der Waals surface area contributed by atoms with Gasteiger partial charge >= 0.3 is 5.97 Å². The average Bonchev–Trinajstić information content (AvgIpc) is 3.54. The van der Waals surface area contributed by atoms with Crippen LogP contribution in [0.5, 0.6) is 0 Å². The van der Waals surface area contributed by atoms with E-state index in [2.05, 4.69) is 6.92 Å². The smallest absolute Gasteiger partial charge is 0.334 e. The first-order chi connectivity index (χ1) is 19.3. The van der Waals surface area contributed by atoms with Crippen molar-refractivity contribution in [3.63, 3.8) is 0 Å². The molecule has 2 rings (SSSR count). The van der Waals surface area contributed by atoms with E-state index in [9.17, 15) is 25.2 Å². The Morgan fingerprint density at radius 2 is 1.15 bits per heavy atom. The first kappa shape index (κ1) is 35.2. The number of hydrogen-bond donors (Lipinski definition) is 4. The van der Waals surface area contributed by atoms with E-state index < -0.39 is 18.3 Å². The molecule has 7 heteroatoms. The highest BCUT2D eigenvalue weighted by atomic mass is 16.5. The molecular weight excluding hydrogens is 508 g/mol. The van der Waals surface area contributed by atoms with Crippen molar-refractivity contribution in [3.8, 4) is 0 Å². The molecule has 0 amide bonds. The molecule has 0 spiro atoms. The second kappa shape index (κ2) is 20.8. The minimum absolute atomic E-state index is 0.146. The molecule has 0 aromatic carbocycles. The van der Waals surface area contributed by atoms with Gasteiger partial charge in [0.25, 0.3) is 0 Å². The van der Waals surface area contributed by atoms with Gasteiger partial charge in [-0.3, -0.25) is 0 Å². The molecule has 4 N–H and O–H groups in total. The summed E-state index contributed by atoms with van der Waals surface area (Å²) in [6.45, 7) is 4.05. The van der Waals surface area contributed by atoms with Crippen molar-refractivity contribution in [3.05, 3.63) is 11.6 Å². The van der Waals surface area contributed by atoms with Gasteiger partial charge in [-0.15, -0.1) is 0 Å². The van der Waals surface area contributed by atoms with Crippen molar-refractivity contribution in [1.29, 1.82) is 0 Å². The number of aliphatic hydroxyl groups excluding tert-OH is 4. The van der Waals surface area contributed by atoms with Crippen molar-refractivity contribution >= 4 is 5.97 Å². The van der Waals surface area contributed by atoms with Crippen LogP contribution in [0.25, 0.3) is 0 Å². The van der Waals surface area contributed by atoms with Gasteiger partial charge in [0.15, 0.2) is 0 Å². The van der Waals surface area contributed by atoms with Crippen LogP contribution in [0.4, 0.5) is 0 Å². The van der Waals surface area contributed by atoms with Crippen LogP contribution in [0.1, 0.15) is 149 Å². The van der Waals surface area contributed by atoms with Gasteiger partial charge in [0.2, 0.25) is 0 Å². The monoisotopic (exact) mass is 568 g/mol. The van der Waals surface area contributed by atoms with E-state index in [0.29, 0.717) is 24.8 Å². The maximum Gasteiger partial charge on any atom is 0.334 e. The topological polar surface area (TPSA) is 116 Å². The molecule has 0 radical (unpaired) electrons. The van der Waals surface area contributed by atoms with Gasteiger partial charge in [-0.2, -0.15) is 0 Å². The first-order valence-corrected chi connectivity index (χ1v) is 16.6. The Kier molecular flexibility index (Phi) is 18.3. The first-order valence-electron chi connectivity index (χ1n) is 16.6. The van der Waals surface area contributed by atoms with Crippen molar-refractivity contribution in [2.24, 2.45) is 0 Å². The molecule has 234 valence electrons. The summed E-state index contributed by atoms with van der Waals surface area (Å²) >= 11 is 0. The highest BCUT2D eigenvalue weighted by Crippen LogP contribution is 2.28. The third kappa shape index (κ3) is 14.8. The number of ether oxygens (including phenoxy) is 2. The van der Waals surface area contributed by atoms with E-state index in [0.717, 1.165) is 70.6 Å².